The molecular formula is C7H15NO3S. The van der Waals surface area contributed by atoms with Gasteiger partial charge in [-0.15, -0.1) is 0 Å². The maximum atomic E-state index is 11.0. The van der Waals surface area contributed by atoms with Crippen molar-refractivity contribution in [1.82, 2.24) is 4.90 Å². The largest absolute Gasteiger partial charge is 0.345 e. The van der Waals surface area contributed by atoms with E-state index < -0.39 is 9.84 Å². The van der Waals surface area contributed by atoms with Crippen LogP contribution in [-0.4, -0.2) is 44.3 Å². The number of carbonyl (C=O) groups excluding carboxylic acids is 1. The first-order valence-electron chi connectivity index (χ1n) is 3.81. The number of amides is 1. The van der Waals surface area contributed by atoms with Crippen molar-refractivity contribution in [1.29, 1.82) is 0 Å². The lowest BCUT2D eigenvalue weighted by molar-refractivity contribution is -0.127. The molecule has 0 N–H and O–H groups in total. The van der Waals surface area contributed by atoms with Gasteiger partial charge in [-0.25, -0.2) is 8.42 Å². The summed E-state index contributed by atoms with van der Waals surface area (Å²) in [6.45, 7) is 3.30. The van der Waals surface area contributed by atoms with Gasteiger partial charge < -0.3 is 4.90 Å². The first kappa shape index (κ1) is 11.4. The van der Waals surface area contributed by atoms with Crippen molar-refractivity contribution >= 4 is 15.7 Å². The van der Waals surface area contributed by atoms with Gasteiger partial charge in [0.1, 0.15) is 0 Å². The molecule has 0 aliphatic rings. The predicted molar refractivity (Wildman–Crippen MR) is 47.6 cm³/mol. The van der Waals surface area contributed by atoms with Crippen molar-refractivity contribution in [3.05, 3.63) is 0 Å². The highest BCUT2D eigenvalue weighted by molar-refractivity contribution is 7.91. The van der Waals surface area contributed by atoms with Crippen LogP contribution in [0.25, 0.3) is 0 Å². The Bertz CT molecular complexity index is 245. The summed E-state index contributed by atoms with van der Waals surface area (Å²) in [5.41, 5.74) is 0. The van der Waals surface area contributed by atoms with E-state index in [-0.39, 0.29) is 24.0 Å². The zero-order valence-electron chi connectivity index (χ0n) is 7.70. The van der Waals surface area contributed by atoms with Gasteiger partial charge >= 0.3 is 0 Å². The quantitative estimate of drug-likeness (QED) is 0.626. The Morgan fingerprint density at radius 3 is 2.25 bits per heavy atom. The summed E-state index contributed by atoms with van der Waals surface area (Å²) in [5, 5.41) is 0. The number of rotatable bonds is 4. The number of nitrogens with zero attached hydrogens (tertiary/aromatic N) is 1. The maximum Gasteiger partial charge on any atom is 0.219 e. The molecule has 0 fully saturated rings. The Kier molecular flexibility index (Phi) is 4.23. The lowest BCUT2D eigenvalue weighted by Gasteiger charge is -2.13. The third kappa shape index (κ3) is 4.33. The number of carbonyl (C=O) groups is 1. The fraction of sp³-hybridized carbons (Fsp3) is 0.857. The van der Waals surface area contributed by atoms with E-state index in [1.165, 1.54) is 11.8 Å². The molecule has 0 aliphatic carbocycles. The minimum atomic E-state index is -2.94. The van der Waals surface area contributed by atoms with Gasteiger partial charge in [-0.05, 0) is 0 Å². The summed E-state index contributed by atoms with van der Waals surface area (Å²) in [7, 11) is -1.35. The Hall–Kier alpha value is -0.580. The predicted octanol–water partition coefficient (Wildman–Crippen LogP) is -0.101. The highest BCUT2D eigenvalue weighted by Crippen LogP contribution is 1.91. The summed E-state index contributed by atoms with van der Waals surface area (Å²) in [6.07, 6.45) is 0. The average molecular weight is 193 g/mol. The zero-order valence-corrected chi connectivity index (χ0v) is 8.52. The lowest BCUT2D eigenvalue weighted by Crippen LogP contribution is -2.30. The van der Waals surface area contributed by atoms with Crippen molar-refractivity contribution in [3.8, 4) is 0 Å². The summed E-state index contributed by atoms with van der Waals surface area (Å²) >= 11 is 0. The van der Waals surface area contributed by atoms with E-state index in [1.807, 2.05) is 0 Å². The Labute approximate surface area is 73.5 Å². The van der Waals surface area contributed by atoms with E-state index in [0.717, 1.165) is 0 Å². The van der Waals surface area contributed by atoms with Crippen LogP contribution < -0.4 is 0 Å². The summed E-state index contributed by atoms with van der Waals surface area (Å²) in [6, 6.07) is 0. The van der Waals surface area contributed by atoms with Crippen LogP contribution in [0.5, 0.6) is 0 Å². The van der Waals surface area contributed by atoms with Gasteiger partial charge in [0.25, 0.3) is 0 Å². The molecule has 72 valence electrons. The molecule has 12 heavy (non-hydrogen) atoms. The fourth-order valence-electron chi connectivity index (χ4n) is 0.578. The molecule has 0 aromatic heterocycles. The highest BCUT2D eigenvalue weighted by Gasteiger charge is 2.09. The molecule has 0 aromatic carbocycles. The molecule has 0 saturated carbocycles. The van der Waals surface area contributed by atoms with Crippen molar-refractivity contribution in [2.45, 2.75) is 13.8 Å². The molecule has 0 aliphatic heterocycles. The molecular weight excluding hydrogens is 178 g/mol. The molecule has 0 bridgehead atoms. The minimum absolute atomic E-state index is 0.0551. The number of hydrogen-bond donors (Lipinski definition) is 0. The van der Waals surface area contributed by atoms with Gasteiger partial charge in [0.15, 0.2) is 9.84 Å². The number of hydrogen-bond acceptors (Lipinski definition) is 3. The van der Waals surface area contributed by atoms with E-state index in [0.29, 0.717) is 0 Å². The molecule has 0 unspecified atom stereocenters. The fourth-order valence-corrected chi connectivity index (χ4v) is 1.42. The monoisotopic (exact) mass is 193 g/mol. The molecule has 0 atom stereocenters. The maximum absolute atomic E-state index is 11.0. The molecule has 1 amide bonds. The molecule has 0 heterocycles. The van der Waals surface area contributed by atoms with E-state index in [2.05, 4.69) is 0 Å². The van der Waals surface area contributed by atoms with Crippen molar-refractivity contribution < 1.29 is 13.2 Å². The third-order valence-electron chi connectivity index (χ3n) is 1.72. The second-order valence-corrected chi connectivity index (χ2v) is 5.15. The molecule has 0 radical (unpaired) electrons. The van der Waals surface area contributed by atoms with Crippen molar-refractivity contribution in [2.75, 3.05) is 25.1 Å². The van der Waals surface area contributed by atoms with Crippen LogP contribution in [0.1, 0.15) is 13.8 Å². The van der Waals surface area contributed by atoms with Crippen LogP contribution in [0.2, 0.25) is 0 Å². The Morgan fingerprint density at radius 1 is 1.42 bits per heavy atom. The smallest absolute Gasteiger partial charge is 0.219 e. The molecule has 5 heteroatoms. The minimum Gasteiger partial charge on any atom is -0.345 e. The van der Waals surface area contributed by atoms with E-state index in [9.17, 15) is 13.2 Å². The van der Waals surface area contributed by atoms with Gasteiger partial charge in [0.2, 0.25) is 5.91 Å². The zero-order chi connectivity index (χ0) is 9.78. The van der Waals surface area contributed by atoms with Crippen LogP contribution in [0.15, 0.2) is 0 Å². The van der Waals surface area contributed by atoms with Crippen molar-refractivity contribution in [2.24, 2.45) is 0 Å². The standard InChI is InChI=1S/C7H15NO3S/c1-4-12(10,11)6-5-8(3)7(2)9/h4-6H2,1-3H3. The lowest BCUT2D eigenvalue weighted by atomic mass is 10.5. The topological polar surface area (TPSA) is 54.5 Å². The van der Waals surface area contributed by atoms with Gasteiger partial charge in [0.05, 0.1) is 5.75 Å². The normalized spacial score (nSPS) is 11.2. The second kappa shape index (κ2) is 4.45. The Morgan fingerprint density at radius 2 is 1.92 bits per heavy atom. The van der Waals surface area contributed by atoms with Gasteiger partial charge in [-0.2, -0.15) is 0 Å². The van der Waals surface area contributed by atoms with Gasteiger partial charge in [-0.3, -0.25) is 4.79 Å². The van der Waals surface area contributed by atoms with Crippen molar-refractivity contribution in [3.63, 3.8) is 0 Å². The van der Waals surface area contributed by atoms with E-state index in [4.69, 9.17) is 0 Å². The van der Waals surface area contributed by atoms with E-state index in [1.54, 1.807) is 14.0 Å². The summed E-state index contributed by atoms with van der Waals surface area (Å²) < 4.78 is 22.0. The van der Waals surface area contributed by atoms with E-state index >= 15 is 0 Å². The van der Waals surface area contributed by atoms with Crippen LogP contribution in [0.4, 0.5) is 0 Å². The molecule has 0 spiro atoms. The Balaban J connectivity index is 3.92. The molecule has 0 rings (SSSR count). The summed E-state index contributed by atoms with van der Waals surface area (Å²) in [5.74, 6) is 0.0829. The van der Waals surface area contributed by atoms with Crippen LogP contribution in [0, 0.1) is 0 Å². The molecule has 4 nitrogen and oxygen atoms in total. The first-order chi connectivity index (χ1) is 5.39. The number of sulfone groups is 1. The van der Waals surface area contributed by atoms with Crippen LogP contribution in [0.3, 0.4) is 0 Å². The van der Waals surface area contributed by atoms with Crippen LogP contribution >= 0.6 is 0 Å². The van der Waals surface area contributed by atoms with Gasteiger partial charge in [0, 0.05) is 26.3 Å². The average Bonchev–Trinajstić information content (AvgIpc) is 2.00. The molecule has 0 saturated heterocycles. The second-order valence-electron chi connectivity index (χ2n) is 2.68. The molecule has 0 aromatic rings. The highest BCUT2D eigenvalue weighted by atomic mass is 32.2. The summed E-state index contributed by atoms with van der Waals surface area (Å²) in [4.78, 5) is 12.1. The SMILES string of the molecule is CCS(=O)(=O)CCN(C)C(C)=O. The van der Waals surface area contributed by atoms with Gasteiger partial charge in [-0.1, -0.05) is 6.92 Å². The van der Waals surface area contributed by atoms with Crippen LogP contribution in [-0.2, 0) is 14.6 Å². The first-order valence-corrected chi connectivity index (χ1v) is 5.63. The third-order valence-corrected chi connectivity index (χ3v) is 3.40.